The first-order chi connectivity index (χ1) is 18.8. The first kappa shape index (κ1) is 25.7. The summed E-state index contributed by atoms with van der Waals surface area (Å²) >= 11 is 0. The highest BCUT2D eigenvalue weighted by atomic mass is 32.2. The van der Waals surface area contributed by atoms with Gasteiger partial charge in [0, 0.05) is 43.7 Å². The maximum Gasteiger partial charge on any atom is 0.273 e. The van der Waals surface area contributed by atoms with Crippen molar-refractivity contribution in [3.8, 4) is 0 Å². The Labute approximate surface area is 231 Å². The Balaban J connectivity index is 0.910. The van der Waals surface area contributed by atoms with Gasteiger partial charge in [-0.25, -0.2) is 12.7 Å². The molecule has 5 aliphatic rings. The Morgan fingerprint density at radius 3 is 2.46 bits per heavy atom. The Morgan fingerprint density at radius 2 is 1.79 bits per heavy atom. The summed E-state index contributed by atoms with van der Waals surface area (Å²) in [4.78, 5) is 15.2. The minimum Gasteiger partial charge on any atom is -0.360 e. The van der Waals surface area contributed by atoms with Gasteiger partial charge in [0.1, 0.15) is 5.76 Å². The van der Waals surface area contributed by atoms with Crippen LogP contribution in [0.15, 0.2) is 40.9 Å². The number of aromatic nitrogens is 1. The molecular formula is C30H40N4O4S. The van der Waals surface area contributed by atoms with Crippen LogP contribution in [0, 0.1) is 17.8 Å². The van der Waals surface area contributed by atoms with Crippen molar-refractivity contribution in [2.75, 3.05) is 26.7 Å². The maximum atomic E-state index is 13.9. The molecule has 1 N–H and O–H groups in total. The number of likely N-dealkylation sites (N-methyl/N-ethyl adjacent to an activating group) is 1. The third-order valence-corrected chi connectivity index (χ3v) is 13.3. The lowest BCUT2D eigenvalue weighted by Crippen LogP contribution is -2.75. The molecule has 3 unspecified atom stereocenters. The van der Waals surface area contributed by atoms with E-state index < -0.39 is 14.8 Å². The van der Waals surface area contributed by atoms with Gasteiger partial charge in [-0.2, -0.15) is 0 Å². The zero-order chi connectivity index (χ0) is 26.8. The summed E-state index contributed by atoms with van der Waals surface area (Å²) in [5.41, 5.74) is 1.71. The van der Waals surface area contributed by atoms with Gasteiger partial charge < -0.3 is 14.7 Å². The standard InChI is InChI=1S/C30H40N4O4S/c1-33(12-9-20-5-3-2-4-6-20)25-10-13-34(14-11-25)39(36,37)30-18-22-15-24(16-23(19-30)28(22)30)31-29(35)26-17-27(38-32-26)21-7-8-21/h2-6,17,21-25,28H,7-16,18-19H2,1H3,(H,31,35)/t22-,23+,24?,28?,30?. The SMILES string of the molecule is CN(CCc1ccccc1)C1CCN(S(=O)(=O)C23C[C@H]4CC(NC(=O)c5cc(C6CC6)on5)C[C@@H](C2)C43)CC1. The molecule has 4 aliphatic carbocycles. The third kappa shape index (κ3) is 4.45. The molecule has 7 rings (SSSR count). The van der Waals surface area contributed by atoms with Gasteiger partial charge in [-0.3, -0.25) is 4.79 Å². The second-order valence-corrected chi connectivity index (χ2v) is 15.2. The second kappa shape index (κ2) is 9.70. The molecule has 5 atom stereocenters. The van der Waals surface area contributed by atoms with Crippen LogP contribution in [0.1, 0.15) is 79.1 Å². The first-order valence-corrected chi connectivity index (χ1v) is 16.3. The van der Waals surface area contributed by atoms with Gasteiger partial charge >= 0.3 is 0 Å². The Kier molecular flexibility index (Phi) is 6.40. The highest BCUT2D eigenvalue weighted by Gasteiger charge is 2.73. The summed E-state index contributed by atoms with van der Waals surface area (Å²) in [7, 11) is -1.14. The highest BCUT2D eigenvalue weighted by molar-refractivity contribution is 7.90. The molecule has 9 heteroatoms. The minimum absolute atomic E-state index is 0.0907. The maximum absolute atomic E-state index is 13.9. The lowest BCUT2D eigenvalue weighted by atomic mass is 9.42. The molecule has 4 saturated carbocycles. The van der Waals surface area contributed by atoms with Crippen LogP contribution >= 0.6 is 0 Å². The van der Waals surface area contributed by atoms with Gasteiger partial charge in [-0.15, -0.1) is 0 Å². The molecule has 0 spiro atoms. The fraction of sp³-hybridized carbons (Fsp3) is 0.667. The largest absolute Gasteiger partial charge is 0.360 e. The van der Waals surface area contributed by atoms with E-state index in [1.54, 1.807) is 6.07 Å². The number of sulfonamides is 1. The topological polar surface area (TPSA) is 95.8 Å². The summed E-state index contributed by atoms with van der Waals surface area (Å²) < 4.78 is 34.4. The molecule has 2 aromatic rings. The fourth-order valence-electron chi connectivity index (χ4n) is 8.34. The predicted molar refractivity (Wildman–Crippen MR) is 148 cm³/mol. The van der Waals surface area contributed by atoms with Crippen molar-refractivity contribution in [1.82, 2.24) is 19.7 Å². The summed E-state index contributed by atoms with van der Waals surface area (Å²) in [5.74, 6) is 2.12. The summed E-state index contributed by atoms with van der Waals surface area (Å²) in [6.45, 7) is 2.25. The number of carbonyl (C=O) groups is 1. The van der Waals surface area contributed by atoms with Gasteiger partial charge in [0.25, 0.3) is 5.91 Å². The number of rotatable bonds is 9. The Morgan fingerprint density at radius 1 is 1.10 bits per heavy atom. The van der Waals surface area contributed by atoms with Gasteiger partial charge in [-0.1, -0.05) is 35.5 Å². The van der Waals surface area contributed by atoms with Crippen LogP contribution in [0.4, 0.5) is 0 Å². The zero-order valence-corrected chi connectivity index (χ0v) is 23.6. The Hall–Kier alpha value is -2.23. The molecule has 1 aromatic heterocycles. The predicted octanol–water partition coefficient (Wildman–Crippen LogP) is 3.81. The van der Waals surface area contributed by atoms with Gasteiger partial charge in [0.15, 0.2) is 5.69 Å². The van der Waals surface area contributed by atoms with Crippen LogP contribution in [0.3, 0.4) is 0 Å². The van der Waals surface area contributed by atoms with E-state index in [0.29, 0.717) is 42.6 Å². The van der Waals surface area contributed by atoms with Gasteiger partial charge in [-0.05, 0) is 88.2 Å². The van der Waals surface area contributed by atoms with E-state index in [0.717, 1.165) is 70.1 Å². The monoisotopic (exact) mass is 552 g/mol. The van der Waals surface area contributed by atoms with Crippen molar-refractivity contribution in [3.05, 3.63) is 53.4 Å². The summed E-state index contributed by atoms with van der Waals surface area (Å²) in [6.07, 6.45) is 8.26. The number of nitrogens with zero attached hydrogens (tertiary/aromatic N) is 3. The molecule has 1 aromatic carbocycles. The molecular weight excluding hydrogens is 512 g/mol. The van der Waals surface area contributed by atoms with Crippen LogP contribution in [0.25, 0.3) is 0 Å². The molecule has 1 amide bonds. The van der Waals surface area contributed by atoms with Crippen molar-refractivity contribution in [2.24, 2.45) is 17.8 Å². The van der Waals surface area contributed by atoms with E-state index >= 15 is 0 Å². The first-order valence-electron chi connectivity index (χ1n) is 14.9. The van der Waals surface area contributed by atoms with Crippen LogP contribution in [0.2, 0.25) is 0 Å². The lowest BCUT2D eigenvalue weighted by molar-refractivity contribution is -0.108. The van der Waals surface area contributed by atoms with E-state index in [-0.39, 0.29) is 17.9 Å². The molecule has 1 aliphatic heterocycles. The molecule has 39 heavy (non-hydrogen) atoms. The van der Waals surface area contributed by atoms with Crippen molar-refractivity contribution in [1.29, 1.82) is 0 Å². The molecule has 8 nitrogen and oxygen atoms in total. The van der Waals surface area contributed by atoms with E-state index in [4.69, 9.17) is 4.52 Å². The van der Waals surface area contributed by atoms with Crippen LogP contribution < -0.4 is 5.32 Å². The van der Waals surface area contributed by atoms with Crippen molar-refractivity contribution in [2.45, 2.75) is 80.5 Å². The molecule has 1 saturated heterocycles. The van der Waals surface area contributed by atoms with E-state index in [1.165, 1.54) is 5.56 Å². The van der Waals surface area contributed by atoms with Gasteiger partial charge in [0.2, 0.25) is 10.0 Å². The molecule has 0 radical (unpaired) electrons. The number of hydrogen-bond acceptors (Lipinski definition) is 6. The van der Waals surface area contributed by atoms with Crippen LogP contribution in [-0.2, 0) is 16.4 Å². The highest BCUT2D eigenvalue weighted by Crippen LogP contribution is 2.69. The quantitative estimate of drug-likeness (QED) is 0.508. The number of piperidine rings is 1. The van der Waals surface area contributed by atoms with E-state index in [9.17, 15) is 13.2 Å². The van der Waals surface area contributed by atoms with Gasteiger partial charge in [0.05, 0.1) is 4.75 Å². The van der Waals surface area contributed by atoms with Crippen molar-refractivity contribution < 1.29 is 17.7 Å². The smallest absolute Gasteiger partial charge is 0.273 e. The third-order valence-electron chi connectivity index (χ3n) is 10.6. The fourth-order valence-corrected chi connectivity index (χ4v) is 11.1. The van der Waals surface area contributed by atoms with E-state index in [2.05, 4.69) is 46.7 Å². The molecule has 5 fully saturated rings. The number of benzene rings is 1. The van der Waals surface area contributed by atoms with E-state index in [1.807, 2.05) is 10.4 Å². The number of carbonyl (C=O) groups excluding carboxylic acids is 1. The second-order valence-electron chi connectivity index (χ2n) is 12.9. The average molecular weight is 553 g/mol. The minimum atomic E-state index is -3.31. The summed E-state index contributed by atoms with van der Waals surface area (Å²) in [5, 5.41) is 7.15. The Bertz CT molecular complexity index is 1300. The molecule has 210 valence electrons. The normalized spacial score (nSPS) is 32.8. The summed E-state index contributed by atoms with van der Waals surface area (Å²) in [6, 6.07) is 12.9. The molecule has 0 bridgehead atoms. The van der Waals surface area contributed by atoms with Crippen molar-refractivity contribution >= 4 is 15.9 Å². The lowest BCUT2D eigenvalue weighted by Gasteiger charge is -2.70. The van der Waals surface area contributed by atoms with Crippen LogP contribution in [-0.4, -0.2) is 72.2 Å². The molecule has 2 heterocycles. The number of nitrogens with one attached hydrogen (secondary N) is 1. The number of amides is 1. The van der Waals surface area contributed by atoms with Crippen LogP contribution in [0.5, 0.6) is 0 Å². The number of hydrogen-bond donors (Lipinski definition) is 1. The van der Waals surface area contributed by atoms with Crippen molar-refractivity contribution in [3.63, 3.8) is 0 Å². The average Bonchev–Trinajstić information content (AvgIpc) is 3.65. The zero-order valence-electron chi connectivity index (χ0n) is 22.8.